The number of nitrogens with one attached hydrogen (secondary N) is 1. The number of hydrogen-bond donors (Lipinski definition) is 1. The molecule has 23 heavy (non-hydrogen) atoms. The molecule has 0 bridgehead atoms. The average molecular weight is 315 g/mol. The van der Waals surface area contributed by atoms with Crippen LogP contribution in [0.5, 0.6) is 11.5 Å². The third-order valence-electron chi connectivity index (χ3n) is 4.53. The van der Waals surface area contributed by atoms with Crippen molar-refractivity contribution < 1.29 is 13.9 Å². The lowest BCUT2D eigenvalue weighted by atomic mass is 9.92. The zero-order valence-corrected chi connectivity index (χ0v) is 14.1. The van der Waals surface area contributed by atoms with Gasteiger partial charge in [-0.1, -0.05) is 6.07 Å². The molecule has 4 nitrogen and oxygen atoms in total. The van der Waals surface area contributed by atoms with Gasteiger partial charge in [0.05, 0.1) is 20.5 Å². The van der Waals surface area contributed by atoms with Gasteiger partial charge in [-0.15, -0.1) is 0 Å². The summed E-state index contributed by atoms with van der Waals surface area (Å²) in [5.74, 6) is 2.70. The molecule has 0 spiro atoms. The summed E-state index contributed by atoms with van der Waals surface area (Å²) in [5.41, 5.74) is 2.57. The first-order chi connectivity index (χ1) is 11.2. The Morgan fingerprint density at radius 3 is 2.83 bits per heavy atom. The zero-order chi connectivity index (χ0) is 16.2. The highest BCUT2D eigenvalue weighted by Crippen LogP contribution is 2.31. The molecule has 0 aliphatic heterocycles. The van der Waals surface area contributed by atoms with Gasteiger partial charge in [-0.3, -0.25) is 0 Å². The van der Waals surface area contributed by atoms with Gasteiger partial charge in [-0.2, -0.15) is 0 Å². The molecule has 1 aliphatic rings. The van der Waals surface area contributed by atoms with Crippen molar-refractivity contribution in [3.8, 4) is 11.5 Å². The molecule has 124 valence electrons. The summed E-state index contributed by atoms with van der Waals surface area (Å²) in [6, 6.07) is 9.00. The Labute approximate surface area is 137 Å². The first-order valence-corrected chi connectivity index (χ1v) is 8.24. The Balaban J connectivity index is 1.65. The fourth-order valence-electron chi connectivity index (χ4n) is 3.42. The van der Waals surface area contributed by atoms with Gasteiger partial charge >= 0.3 is 0 Å². The first kappa shape index (κ1) is 15.9. The lowest BCUT2D eigenvalue weighted by Crippen LogP contribution is -2.33. The number of ether oxygens (including phenoxy) is 2. The smallest absolute Gasteiger partial charge is 0.160 e. The summed E-state index contributed by atoms with van der Waals surface area (Å²) in [6.07, 6.45) is 6.17. The fourth-order valence-corrected chi connectivity index (χ4v) is 3.42. The second-order valence-electron chi connectivity index (χ2n) is 6.21. The van der Waals surface area contributed by atoms with E-state index in [9.17, 15) is 0 Å². The molecule has 1 aromatic carbocycles. The predicted molar refractivity (Wildman–Crippen MR) is 90.2 cm³/mol. The van der Waals surface area contributed by atoms with E-state index in [1.54, 1.807) is 14.2 Å². The minimum absolute atomic E-state index is 0.374. The van der Waals surface area contributed by atoms with E-state index in [1.807, 2.05) is 12.3 Å². The minimum Gasteiger partial charge on any atom is -0.493 e. The highest BCUT2D eigenvalue weighted by Gasteiger charge is 2.23. The van der Waals surface area contributed by atoms with E-state index in [4.69, 9.17) is 13.9 Å². The molecule has 0 fully saturated rings. The van der Waals surface area contributed by atoms with Crippen LogP contribution >= 0.6 is 0 Å². The van der Waals surface area contributed by atoms with Gasteiger partial charge in [0.2, 0.25) is 0 Å². The Bertz CT molecular complexity index is 650. The lowest BCUT2D eigenvalue weighted by Gasteiger charge is -2.26. The maximum absolute atomic E-state index is 5.57. The fraction of sp³-hybridized carbons (Fsp3) is 0.474. The summed E-state index contributed by atoms with van der Waals surface area (Å²) in [5, 5.41) is 3.74. The van der Waals surface area contributed by atoms with Gasteiger partial charge in [-0.25, -0.2) is 0 Å². The average Bonchev–Trinajstić information content (AvgIpc) is 3.04. The van der Waals surface area contributed by atoms with Gasteiger partial charge in [0.1, 0.15) is 5.76 Å². The molecule has 2 atom stereocenters. The molecular weight excluding hydrogens is 290 g/mol. The van der Waals surface area contributed by atoms with Crippen LogP contribution in [0.3, 0.4) is 0 Å². The SMILES string of the molecule is COc1ccc(CC(C)NC2CCCc3occc32)cc1OC. The molecule has 1 N–H and O–H groups in total. The zero-order valence-electron chi connectivity index (χ0n) is 14.1. The van der Waals surface area contributed by atoms with E-state index in [2.05, 4.69) is 30.4 Å². The highest BCUT2D eigenvalue weighted by atomic mass is 16.5. The standard InChI is InChI=1S/C19H25NO3/c1-13(11-14-7-8-18(21-2)19(12-14)22-3)20-16-5-4-6-17-15(16)9-10-23-17/h7-10,12-13,16,20H,4-6,11H2,1-3H3. The van der Waals surface area contributed by atoms with Crippen LogP contribution in [0, 0.1) is 0 Å². The molecule has 1 aliphatic carbocycles. The number of furan rings is 1. The third kappa shape index (κ3) is 3.53. The van der Waals surface area contributed by atoms with Crippen LogP contribution < -0.4 is 14.8 Å². The second kappa shape index (κ2) is 7.09. The number of methoxy groups -OCH3 is 2. The van der Waals surface area contributed by atoms with Crippen molar-refractivity contribution in [3.63, 3.8) is 0 Å². The van der Waals surface area contributed by atoms with Crippen molar-refractivity contribution in [2.75, 3.05) is 14.2 Å². The normalized spacial score (nSPS) is 18.3. The van der Waals surface area contributed by atoms with E-state index in [-0.39, 0.29) is 0 Å². The van der Waals surface area contributed by atoms with Crippen LogP contribution in [0.2, 0.25) is 0 Å². The van der Waals surface area contributed by atoms with E-state index in [1.165, 1.54) is 24.0 Å². The number of benzene rings is 1. The summed E-state index contributed by atoms with van der Waals surface area (Å²) in [7, 11) is 3.33. The maximum Gasteiger partial charge on any atom is 0.160 e. The molecule has 2 unspecified atom stereocenters. The minimum atomic E-state index is 0.374. The van der Waals surface area contributed by atoms with Gasteiger partial charge in [0.15, 0.2) is 11.5 Å². The molecule has 1 heterocycles. The number of hydrogen-bond acceptors (Lipinski definition) is 4. The third-order valence-corrected chi connectivity index (χ3v) is 4.53. The van der Waals surface area contributed by atoms with E-state index in [0.717, 1.165) is 30.1 Å². The first-order valence-electron chi connectivity index (χ1n) is 8.24. The predicted octanol–water partition coefficient (Wildman–Crippen LogP) is 3.90. The molecule has 0 radical (unpaired) electrons. The van der Waals surface area contributed by atoms with Crippen LogP contribution in [0.1, 0.15) is 42.7 Å². The molecule has 3 rings (SSSR count). The quantitative estimate of drug-likeness (QED) is 0.878. The number of fused-ring (bicyclic) bond motifs is 1. The Morgan fingerprint density at radius 1 is 1.22 bits per heavy atom. The summed E-state index contributed by atoms with van der Waals surface area (Å²) in [4.78, 5) is 0. The summed E-state index contributed by atoms with van der Waals surface area (Å²) >= 11 is 0. The van der Waals surface area contributed by atoms with Crippen LogP contribution in [0.25, 0.3) is 0 Å². The Kier molecular flexibility index (Phi) is 4.91. The van der Waals surface area contributed by atoms with Crippen molar-refractivity contribution in [1.29, 1.82) is 0 Å². The molecule has 2 aromatic rings. The monoisotopic (exact) mass is 315 g/mol. The van der Waals surface area contributed by atoms with Crippen molar-refractivity contribution in [2.24, 2.45) is 0 Å². The lowest BCUT2D eigenvalue weighted by molar-refractivity contribution is 0.353. The number of rotatable bonds is 6. The van der Waals surface area contributed by atoms with E-state index >= 15 is 0 Å². The molecule has 0 saturated heterocycles. The van der Waals surface area contributed by atoms with Crippen LogP contribution in [0.15, 0.2) is 34.9 Å². The van der Waals surface area contributed by atoms with Gasteiger partial charge in [0.25, 0.3) is 0 Å². The van der Waals surface area contributed by atoms with E-state index < -0.39 is 0 Å². The molecular formula is C19H25NO3. The Hall–Kier alpha value is -1.94. The molecule has 4 heteroatoms. The highest BCUT2D eigenvalue weighted by molar-refractivity contribution is 5.43. The van der Waals surface area contributed by atoms with Crippen LogP contribution in [0.4, 0.5) is 0 Å². The van der Waals surface area contributed by atoms with Crippen molar-refractivity contribution in [1.82, 2.24) is 5.32 Å². The Morgan fingerprint density at radius 2 is 2.04 bits per heavy atom. The maximum atomic E-state index is 5.57. The summed E-state index contributed by atoms with van der Waals surface area (Å²) < 4.78 is 16.3. The summed E-state index contributed by atoms with van der Waals surface area (Å²) in [6.45, 7) is 2.23. The molecule has 1 aromatic heterocycles. The van der Waals surface area contributed by atoms with Crippen molar-refractivity contribution in [3.05, 3.63) is 47.4 Å². The van der Waals surface area contributed by atoms with Crippen molar-refractivity contribution in [2.45, 2.75) is 44.7 Å². The van der Waals surface area contributed by atoms with Gasteiger partial charge in [-0.05, 0) is 49.9 Å². The van der Waals surface area contributed by atoms with Gasteiger partial charge in [0, 0.05) is 24.1 Å². The van der Waals surface area contributed by atoms with Crippen LogP contribution in [-0.4, -0.2) is 20.3 Å². The molecule has 0 amide bonds. The largest absolute Gasteiger partial charge is 0.493 e. The second-order valence-corrected chi connectivity index (χ2v) is 6.21. The van der Waals surface area contributed by atoms with Gasteiger partial charge < -0.3 is 19.2 Å². The van der Waals surface area contributed by atoms with E-state index in [0.29, 0.717) is 12.1 Å². The number of aryl methyl sites for hydroxylation is 1. The topological polar surface area (TPSA) is 43.6 Å². The molecule has 0 saturated carbocycles. The van der Waals surface area contributed by atoms with Crippen molar-refractivity contribution >= 4 is 0 Å². The van der Waals surface area contributed by atoms with Crippen LogP contribution in [-0.2, 0) is 12.8 Å².